The number of allylic oxidation sites excluding steroid dienone is 1. The minimum Gasteiger partial charge on any atom is -0.479 e. The molecular weight excluding hydrogens is 380 g/mol. The van der Waals surface area contributed by atoms with Gasteiger partial charge in [0.15, 0.2) is 11.9 Å². The van der Waals surface area contributed by atoms with Gasteiger partial charge in [-0.15, -0.1) is 0 Å². The molecule has 8 nitrogen and oxygen atoms in total. The number of para-hydroxylation sites is 1. The summed E-state index contributed by atoms with van der Waals surface area (Å²) >= 11 is 0. The zero-order chi connectivity index (χ0) is 21.0. The summed E-state index contributed by atoms with van der Waals surface area (Å²) in [6.45, 7) is 0. The van der Waals surface area contributed by atoms with Crippen LogP contribution in [0.4, 0.5) is 0 Å². The third kappa shape index (κ3) is 4.69. The van der Waals surface area contributed by atoms with E-state index >= 15 is 0 Å². The van der Waals surface area contributed by atoms with Gasteiger partial charge in [0.25, 0.3) is 0 Å². The highest BCUT2D eigenvalue weighted by atomic mass is 16.7. The van der Waals surface area contributed by atoms with Crippen LogP contribution in [0, 0.1) is 0 Å². The van der Waals surface area contributed by atoms with Gasteiger partial charge in [-0.1, -0.05) is 48.5 Å². The summed E-state index contributed by atoms with van der Waals surface area (Å²) in [5.74, 6) is -1.87. The van der Waals surface area contributed by atoms with E-state index < -0.39 is 36.7 Å². The summed E-state index contributed by atoms with van der Waals surface area (Å²) in [6.07, 6.45) is -5.74. The zero-order valence-electron chi connectivity index (χ0n) is 15.2. The molecule has 0 aliphatic carbocycles. The number of rotatable bonds is 6. The maximum absolute atomic E-state index is 12.6. The normalized spacial score (nSPS) is 26.9. The molecule has 1 heterocycles. The summed E-state index contributed by atoms with van der Waals surface area (Å²) in [7, 11) is 0. The third-order valence-corrected chi connectivity index (χ3v) is 4.44. The number of carboxylic acid groups (broad SMARTS) is 1. The lowest BCUT2D eigenvalue weighted by atomic mass is 9.99. The number of ether oxygens (including phenoxy) is 2. The standard InChI is InChI=1S/C21H20O8/c22-14(11-10-12-6-2-1-3-7-12)13-8-4-5-9-15(13)28-21-18(25)16(23)17(24)19(29-21)20(26)27/h1-11,16-19,21,23-25H,(H,26,27)/b11-10+. The van der Waals surface area contributed by atoms with Crippen LogP contribution in [0.3, 0.4) is 0 Å². The Balaban J connectivity index is 1.80. The molecule has 2 aromatic rings. The van der Waals surface area contributed by atoms with Crippen molar-refractivity contribution in [1.82, 2.24) is 0 Å². The first-order valence-corrected chi connectivity index (χ1v) is 8.84. The lowest BCUT2D eigenvalue weighted by Gasteiger charge is -2.38. The van der Waals surface area contributed by atoms with Crippen LogP contribution >= 0.6 is 0 Å². The number of hydrogen-bond donors (Lipinski definition) is 4. The van der Waals surface area contributed by atoms with Gasteiger partial charge in [-0.2, -0.15) is 0 Å². The van der Waals surface area contributed by atoms with Crippen molar-refractivity contribution in [3.8, 4) is 5.75 Å². The molecule has 0 aromatic heterocycles. The predicted octanol–water partition coefficient (Wildman–Crippen LogP) is 0.854. The molecule has 0 bridgehead atoms. The predicted molar refractivity (Wildman–Crippen MR) is 101 cm³/mol. The van der Waals surface area contributed by atoms with Gasteiger partial charge in [0.1, 0.15) is 24.1 Å². The molecule has 8 heteroatoms. The summed E-state index contributed by atoms with van der Waals surface area (Å²) in [5, 5.41) is 38.9. The smallest absolute Gasteiger partial charge is 0.335 e. The van der Waals surface area contributed by atoms with Gasteiger partial charge in [0.05, 0.1) is 5.56 Å². The Bertz CT molecular complexity index is 895. The lowest BCUT2D eigenvalue weighted by molar-refractivity contribution is -0.271. The van der Waals surface area contributed by atoms with E-state index in [0.717, 1.165) is 5.56 Å². The van der Waals surface area contributed by atoms with E-state index in [1.807, 2.05) is 30.3 Å². The first kappa shape index (κ1) is 20.7. The van der Waals surface area contributed by atoms with E-state index in [1.165, 1.54) is 18.2 Å². The molecule has 5 atom stereocenters. The second kappa shape index (κ2) is 8.97. The Morgan fingerprint density at radius 1 is 0.897 bits per heavy atom. The number of benzene rings is 2. The van der Waals surface area contributed by atoms with E-state index in [2.05, 4.69) is 0 Å². The topological polar surface area (TPSA) is 134 Å². The molecule has 5 unspecified atom stereocenters. The molecule has 152 valence electrons. The number of ketones is 1. The molecule has 3 rings (SSSR count). The van der Waals surface area contributed by atoms with Crippen molar-refractivity contribution in [2.24, 2.45) is 0 Å². The van der Waals surface area contributed by atoms with Gasteiger partial charge in [-0.05, 0) is 23.8 Å². The van der Waals surface area contributed by atoms with Crippen LogP contribution in [0.1, 0.15) is 15.9 Å². The molecule has 4 N–H and O–H groups in total. The minimum absolute atomic E-state index is 0.0343. The lowest BCUT2D eigenvalue weighted by Crippen LogP contribution is -2.61. The Kier molecular flexibility index (Phi) is 6.40. The van der Waals surface area contributed by atoms with Crippen LogP contribution in [0.15, 0.2) is 60.7 Å². The van der Waals surface area contributed by atoms with Crippen LogP contribution in [0.25, 0.3) is 6.08 Å². The van der Waals surface area contributed by atoms with Crippen molar-refractivity contribution in [2.45, 2.75) is 30.7 Å². The van der Waals surface area contributed by atoms with Crippen LogP contribution in [0.5, 0.6) is 5.75 Å². The van der Waals surface area contributed by atoms with E-state index in [0.29, 0.717) is 0 Å². The highest BCUT2D eigenvalue weighted by Crippen LogP contribution is 2.27. The van der Waals surface area contributed by atoms with Crippen molar-refractivity contribution in [1.29, 1.82) is 0 Å². The van der Waals surface area contributed by atoms with E-state index in [9.17, 15) is 24.9 Å². The quantitative estimate of drug-likeness (QED) is 0.414. The fourth-order valence-corrected chi connectivity index (χ4v) is 2.87. The summed E-state index contributed by atoms with van der Waals surface area (Å²) in [4.78, 5) is 23.8. The summed E-state index contributed by atoms with van der Waals surface area (Å²) in [6, 6.07) is 15.3. The number of aliphatic hydroxyl groups excluding tert-OH is 3. The molecular formula is C21H20O8. The molecule has 1 saturated heterocycles. The highest BCUT2D eigenvalue weighted by Gasteiger charge is 2.48. The van der Waals surface area contributed by atoms with Crippen LogP contribution < -0.4 is 4.74 Å². The van der Waals surface area contributed by atoms with E-state index in [-0.39, 0.29) is 17.1 Å². The molecule has 2 aromatic carbocycles. The van der Waals surface area contributed by atoms with Gasteiger partial charge >= 0.3 is 5.97 Å². The minimum atomic E-state index is -1.83. The van der Waals surface area contributed by atoms with Crippen molar-refractivity contribution >= 4 is 17.8 Å². The van der Waals surface area contributed by atoms with Crippen molar-refractivity contribution in [2.75, 3.05) is 0 Å². The van der Waals surface area contributed by atoms with Gasteiger partial charge in [-0.3, -0.25) is 4.79 Å². The molecule has 0 radical (unpaired) electrons. The average molecular weight is 400 g/mol. The molecule has 1 fully saturated rings. The first-order chi connectivity index (χ1) is 13.9. The molecule has 29 heavy (non-hydrogen) atoms. The average Bonchev–Trinajstić information content (AvgIpc) is 2.73. The fourth-order valence-electron chi connectivity index (χ4n) is 2.87. The number of aliphatic carboxylic acids is 1. The maximum Gasteiger partial charge on any atom is 0.335 e. The fraction of sp³-hybridized carbons (Fsp3) is 0.238. The third-order valence-electron chi connectivity index (χ3n) is 4.44. The Morgan fingerprint density at radius 3 is 2.24 bits per heavy atom. The Hall–Kier alpha value is -3.04. The van der Waals surface area contributed by atoms with Gasteiger partial charge in [0.2, 0.25) is 6.29 Å². The first-order valence-electron chi connectivity index (χ1n) is 8.84. The van der Waals surface area contributed by atoms with E-state index in [4.69, 9.17) is 14.6 Å². The van der Waals surface area contributed by atoms with Crippen molar-refractivity contribution in [3.05, 3.63) is 71.8 Å². The number of carbonyl (C=O) groups is 2. The largest absolute Gasteiger partial charge is 0.479 e. The zero-order valence-corrected chi connectivity index (χ0v) is 15.2. The number of aliphatic hydroxyl groups is 3. The molecule has 0 saturated carbocycles. The Labute approximate surface area is 166 Å². The second-order valence-corrected chi connectivity index (χ2v) is 6.46. The van der Waals surface area contributed by atoms with Gasteiger partial charge < -0.3 is 29.9 Å². The number of carbonyl (C=O) groups excluding carboxylic acids is 1. The summed E-state index contributed by atoms with van der Waals surface area (Å²) in [5.41, 5.74) is 0.981. The maximum atomic E-state index is 12.6. The summed E-state index contributed by atoms with van der Waals surface area (Å²) < 4.78 is 10.6. The molecule has 1 aliphatic rings. The van der Waals surface area contributed by atoms with Gasteiger partial charge in [-0.25, -0.2) is 4.79 Å². The van der Waals surface area contributed by atoms with Gasteiger partial charge in [0, 0.05) is 0 Å². The monoisotopic (exact) mass is 400 g/mol. The number of carboxylic acids is 1. The van der Waals surface area contributed by atoms with Crippen molar-refractivity contribution in [3.63, 3.8) is 0 Å². The molecule has 0 amide bonds. The SMILES string of the molecule is O=C(/C=C/c1ccccc1)c1ccccc1OC1OC(C(=O)O)C(O)C(O)C1O. The number of hydrogen-bond acceptors (Lipinski definition) is 7. The van der Waals surface area contributed by atoms with Crippen molar-refractivity contribution < 1.29 is 39.5 Å². The van der Waals surface area contributed by atoms with E-state index in [1.54, 1.807) is 18.2 Å². The van der Waals surface area contributed by atoms with Crippen LogP contribution in [-0.2, 0) is 9.53 Å². The van der Waals surface area contributed by atoms with Crippen LogP contribution in [-0.4, -0.2) is 62.9 Å². The molecule has 1 aliphatic heterocycles. The Morgan fingerprint density at radius 2 is 1.55 bits per heavy atom. The van der Waals surface area contributed by atoms with Crippen LogP contribution in [0.2, 0.25) is 0 Å². The highest BCUT2D eigenvalue weighted by molar-refractivity contribution is 6.08. The molecule has 0 spiro atoms. The second-order valence-electron chi connectivity index (χ2n) is 6.46.